The van der Waals surface area contributed by atoms with E-state index < -0.39 is 40.8 Å². The predicted molar refractivity (Wildman–Crippen MR) is 123 cm³/mol. The number of rotatable bonds is 8. The monoisotopic (exact) mass is 478 g/mol. The summed E-state index contributed by atoms with van der Waals surface area (Å²) in [5, 5.41) is 12.6. The average Bonchev–Trinajstić information content (AvgIpc) is 2.68. The van der Waals surface area contributed by atoms with Gasteiger partial charge in [0.15, 0.2) is 0 Å². The Hall–Kier alpha value is -3.13. The van der Waals surface area contributed by atoms with Crippen LogP contribution in [0.2, 0.25) is 5.02 Å². The van der Waals surface area contributed by atoms with Crippen LogP contribution in [0.3, 0.4) is 0 Å². The second kappa shape index (κ2) is 10.2. The van der Waals surface area contributed by atoms with Crippen LogP contribution in [0, 0.1) is 11.2 Å². The fourth-order valence-electron chi connectivity index (χ4n) is 3.26. The highest BCUT2D eigenvalue weighted by atomic mass is 35.5. The minimum Gasteiger partial charge on any atom is -0.480 e. The molecule has 2 amide bonds. The number of hydrogen-bond acceptors (Lipinski definition) is 4. The molecule has 0 aliphatic heterocycles. The SMILES string of the molecule is CC(C)(C)OC(=O)NC(Cc1ccc(-c2cc(Cl)ccc2F)cc1)CC(C)(C(N)=O)C(=O)O. The first kappa shape index (κ1) is 26.1. The van der Waals surface area contributed by atoms with Crippen molar-refractivity contribution in [1.82, 2.24) is 5.32 Å². The van der Waals surface area contributed by atoms with Crippen LogP contribution in [0.5, 0.6) is 0 Å². The van der Waals surface area contributed by atoms with Crippen LogP contribution in [0.4, 0.5) is 9.18 Å². The minimum absolute atomic E-state index is 0.188. The number of nitrogens with one attached hydrogen (secondary N) is 1. The number of hydrogen-bond donors (Lipinski definition) is 3. The van der Waals surface area contributed by atoms with Gasteiger partial charge in [0, 0.05) is 16.6 Å². The van der Waals surface area contributed by atoms with Gasteiger partial charge in [-0.15, -0.1) is 0 Å². The first-order chi connectivity index (χ1) is 15.2. The zero-order chi connectivity index (χ0) is 25.0. The first-order valence-corrected chi connectivity index (χ1v) is 10.7. The van der Waals surface area contributed by atoms with Gasteiger partial charge in [-0.25, -0.2) is 9.18 Å². The van der Waals surface area contributed by atoms with Gasteiger partial charge >= 0.3 is 12.1 Å². The number of primary amides is 1. The number of carboxylic acid groups (broad SMARTS) is 1. The predicted octanol–water partition coefficient (Wildman–Crippen LogP) is 4.55. The van der Waals surface area contributed by atoms with Gasteiger partial charge in [-0.05, 0) is 69.9 Å². The number of ether oxygens (including phenoxy) is 1. The summed E-state index contributed by atoms with van der Waals surface area (Å²) in [7, 11) is 0. The molecule has 0 aliphatic rings. The zero-order valence-electron chi connectivity index (χ0n) is 18.9. The molecule has 0 aliphatic carbocycles. The minimum atomic E-state index is -1.90. The maximum Gasteiger partial charge on any atom is 0.407 e. The molecule has 0 aromatic heterocycles. The quantitative estimate of drug-likeness (QED) is 0.481. The fourth-order valence-corrected chi connectivity index (χ4v) is 3.43. The molecule has 0 saturated heterocycles. The molecule has 2 unspecified atom stereocenters. The Balaban J connectivity index is 2.29. The van der Waals surface area contributed by atoms with Crippen molar-refractivity contribution in [2.75, 3.05) is 0 Å². The third kappa shape index (κ3) is 7.18. The van der Waals surface area contributed by atoms with Crippen molar-refractivity contribution in [2.45, 2.75) is 52.2 Å². The van der Waals surface area contributed by atoms with Crippen molar-refractivity contribution >= 4 is 29.6 Å². The number of nitrogens with two attached hydrogens (primary N) is 1. The third-order valence-corrected chi connectivity index (χ3v) is 5.30. The maximum atomic E-state index is 14.2. The highest BCUT2D eigenvalue weighted by Gasteiger charge is 2.42. The highest BCUT2D eigenvalue weighted by molar-refractivity contribution is 6.30. The van der Waals surface area contributed by atoms with Gasteiger partial charge in [-0.1, -0.05) is 35.9 Å². The van der Waals surface area contributed by atoms with Gasteiger partial charge in [0.1, 0.15) is 16.8 Å². The van der Waals surface area contributed by atoms with Crippen LogP contribution in [0.15, 0.2) is 42.5 Å². The molecule has 2 rings (SSSR count). The van der Waals surface area contributed by atoms with E-state index in [2.05, 4.69) is 5.32 Å². The molecule has 2 aromatic rings. The Labute approximate surface area is 197 Å². The van der Waals surface area contributed by atoms with Gasteiger partial charge in [-0.3, -0.25) is 9.59 Å². The molecule has 0 heterocycles. The number of alkyl carbamates (subject to hydrolysis) is 1. The molecular weight excluding hydrogens is 451 g/mol. The summed E-state index contributed by atoms with van der Waals surface area (Å²) in [6.07, 6.45) is -0.808. The first-order valence-electron chi connectivity index (χ1n) is 10.3. The molecule has 0 radical (unpaired) electrons. The normalized spacial score (nSPS) is 14.1. The number of carbonyl (C=O) groups is 3. The molecule has 0 bridgehead atoms. The van der Waals surface area contributed by atoms with E-state index in [1.807, 2.05) is 0 Å². The van der Waals surface area contributed by atoms with E-state index in [9.17, 15) is 23.9 Å². The smallest absolute Gasteiger partial charge is 0.407 e. The molecule has 33 heavy (non-hydrogen) atoms. The van der Waals surface area contributed by atoms with Crippen LogP contribution in [0.25, 0.3) is 11.1 Å². The van der Waals surface area contributed by atoms with Gasteiger partial charge in [-0.2, -0.15) is 0 Å². The van der Waals surface area contributed by atoms with Crippen molar-refractivity contribution in [2.24, 2.45) is 11.1 Å². The molecule has 0 saturated carbocycles. The maximum absolute atomic E-state index is 14.2. The van der Waals surface area contributed by atoms with Crippen LogP contribution >= 0.6 is 11.6 Å². The van der Waals surface area contributed by atoms with Crippen molar-refractivity contribution < 1.29 is 28.6 Å². The second-order valence-electron chi connectivity index (χ2n) is 9.07. The van der Waals surface area contributed by atoms with Gasteiger partial charge in [0.2, 0.25) is 5.91 Å². The van der Waals surface area contributed by atoms with Crippen molar-refractivity contribution in [1.29, 1.82) is 0 Å². The van der Waals surface area contributed by atoms with E-state index >= 15 is 0 Å². The summed E-state index contributed by atoms with van der Waals surface area (Å²) in [6.45, 7) is 6.30. The number of halogens is 2. The molecule has 0 spiro atoms. The number of amides is 2. The topological polar surface area (TPSA) is 119 Å². The molecular formula is C24H28ClFN2O5. The lowest BCUT2D eigenvalue weighted by molar-refractivity contribution is -0.154. The van der Waals surface area contributed by atoms with Crippen LogP contribution in [0.1, 0.15) is 39.7 Å². The second-order valence-corrected chi connectivity index (χ2v) is 9.51. The fraction of sp³-hybridized carbons (Fsp3) is 0.375. The van der Waals surface area contributed by atoms with Crippen molar-refractivity contribution in [3.8, 4) is 11.1 Å². The van der Waals surface area contributed by atoms with E-state index in [0.29, 0.717) is 16.1 Å². The van der Waals surface area contributed by atoms with E-state index in [-0.39, 0.29) is 12.8 Å². The Morgan fingerprint density at radius 3 is 2.24 bits per heavy atom. The largest absolute Gasteiger partial charge is 0.480 e. The Morgan fingerprint density at radius 1 is 1.12 bits per heavy atom. The van der Waals surface area contributed by atoms with Gasteiger partial charge in [0.05, 0.1) is 0 Å². The van der Waals surface area contributed by atoms with Crippen molar-refractivity contribution in [3.05, 3.63) is 58.9 Å². The zero-order valence-corrected chi connectivity index (χ0v) is 19.7. The molecule has 4 N–H and O–H groups in total. The summed E-state index contributed by atoms with van der Waals surface area (Å²) >= 11 is 5.97. The molecule has 2 atom stereocenters. The summed E-state index contributed by atoms with van der Waals surface area (Å²) in [4.78, 5) is 36.0. The number of aliphatic carboxylic acids is 1. The lowest BCUT2D eigenvalue weighted by Crippen LogP contribution is -2.49. The summed E-state index contributed by atoms with van der Waals surface area (Å²) < 4.78 is 19.4. The molecule has 178 valence electrons. The Kier molecular flexibility index (Phi) is 8.08. The Bertz CT molecular complexity index is 1020. The Morgan fingerprint density at radius 2 is 1.73 bits per heavy atom. The number of carbonyl (C=O) groups excluding carboxylic acids is 2. The number of carboxylic acids is 1. The summed E-state index contributed by atoms with van der Waals surface area (Å²) in [5.74, 6) is -2.83. The van der Waals surface area contributed by atoms with Gasteiger partial charge < -0.3 is 20.9 Å². The van der Waals surface area contributed by atoms with E-state index in [0.717, 1.165) is 5.56 Å². The lowest BCUT2D eigenvalue weighted by Gasteiger charge is -2.29. The highest BCUT2D eigenvalue weighted by Crippen LogP contribution is 2.28. The van der Waals surface area contributed by atoms with E-state index in [4.69, 9.17) is 22.1 Å². The van der Waals surface area contributed by atoms with Crippen LogP contribution < -0.4 is 11.1 Å². The standard InChI is InChI=1S/C24H28ClFN2O5/c1-23(2,3)33-22(32)28-17(13-24(4,20(27)29)21(30)31)11-14-5-7-15(8-6-14)18-12-16(25)9-10-19(18)26/h5-10,12,17H,11,13H2,1-4H3,(H2,27,29)(H,28,32)(H,30,31). The number of benzene rings is 2. The van der Waals surface area contributed by atoms with E-state index in [1.165, 1.54) is 25.1 Å². The summed E-state index contributed by atoms with van der Waals surface area (Å²) in [6, 6.07) is 10.3. The van der Waals surface area contributed by atoms with Crippen molar-refractivity contribution in [3.63, 3.8) is 0 Å². The molecule has 0 fully saturated rings. The molecule has 9 heteroatoms. The molecule has 7 nitrogen and oxygen atoms in total. The lowest BCUT2D eigenvalue weighted by atomic mass is 9.81. The third-order valence-electron chi connectivity index (χ3n) is 5.07. The van der Waals surface area contributed by atoms with Crippen LogP contribution in [-0.4, -0.2) is 34.7 Å². The molecule has 2 aromatic carbocycles. The van der Waals surface area contributed by atoms with E-state index in [1.54, 1.807) is 45.0 Å². The average molecular weight is 479 g/mol. The van der Waals surface area contributed by atoms with Crippen LogP contribution in [-0.2, 0) is 20.7 Å². The summed E-state index contributed by atoms with van der Waals surface area (Å²) in [5.41, 5.74) is 4.34. The van der Waals surface area contributed by atoms with Gasteiger partial charge in [0.25, 0.3) is 0 Å².